The molecular formula is C26H28N6O3. The second kappa shape index (κ2) is 9.76. The van der Waals surface area contributed by atoms with E-state index in [0.717, 1.165) is 65.9 Å². The Bertz CT molecular complexity index is 1290. The SMILES string of the molecule is C[C@H](C=O)Oc1nc2c(c(N3CCN[C@@H](CC#N)C3)n1)CCN(c1cc(O)cc3ccccc13)C2. The molecule has 1 saturated heterocycles. The third kappa shape index (κ3) is 4.70. The summed E-state index contributed by atoms with van der Waals surface area (Å²) in [7, 11) is 0. The van der Waals surface area contributed by atoms with E-state index in [2.05, 4.69) is 27.3 Å². The predicted octanol–water partition coefficient (Wildman–Crippen LogP) is 2.56. The highest BCUT2D eigenvalue weighted by Crippen LogP contribution is 2.36. The summed E-state index contributed by atoms with van der Waals surface area (Å²) in [6, 6.07) is 14.1. The van der Waals surface area contributed by atoms with Crippen LogP contribution in [0.4, 0.5) is 11.5 Å². The quantitative estimate of drug-likeness (QED) is 0.522. The van der Waals surface area contributed by atoms with Gasteiger partial charge in [-0.05, 0) is 24.8 Å². The van der Waals surface area contributed by atoms with Crippen molar-refractivity contribution in [1.29, 1.82) is 5.26 Å². The number of anilines is 2. The van der Waals surface area contributed by atoms with Crippen molar-refractivity contribution in [2.75, 3.05) is 36.0 Å². The first kappa shape index (κ1) is 22.9. The van der Waals surface area contributed by atoms with Crippen LogP contribution >= 0.6 is 0 Å². The van der Waals surface area contributed by atoms with Crippen molar-refractivity contribution in [2.24, 2.45) is 0 Å². The zero-order chi connectivity index (χ0) is 24.4. The summed E-state index contributed by atoms with van der Waals surface area (Å²) in [5, 5.41) is 24.9. The average molecular weight is 473 g/mol. The molecule has 3 heterocycles. The number of aldehydes is 1. The second-order valence-corrected chi connectivity index (χ2v) is 9.03. The third-order valence-corrected chi connectivity index (χ3v) is 6.56. The van der Waals surface area contributed by atoms with Gasteiger partial charge in [0.1, 0.15) is 11.6 Å². The van der Waals surface area contributed by atoms with Crippen molar-refractivity contribution in [3.63, 3.8) is 0 Å². The topological polar surface area (TPSA) is 115 Å². The van der Waals surface area contributed by atoms with Gasteiger partial charge in [0, 0.05) is 54.9 Å². The van der Waals surface area contributed by atoms with E-state index < -0.39 is 6.10 Å². The number of phenols is 1. The van der Waals surface area contributed by atoms with E-state index >= 15 is 0 Å². The zero-order valence-corrected chi connectivity index (χ0v) is 19.6. The molecule has 0 bridgehead atoms. The number of fused-ring (bicyclic) bond motifs is 2. The van der Waals surface area contributed by atoms with Crippen LogP contribution in [0.25, 0.3) is 10.8 Å². The van der Waals surface area contributed by atoms with Crippen molar-refractivity contribution >= 4 is 28.6 Å². The monoisotopic (exact) mass is 472 g/mol. The molecule has 2 atom stereocenters. The zero-order valence-electron chi connectivity index (χ0n) is 19.6. The number of nitriles is 1. The lowest BCUT2D eigenvalue weighted by Gasteiger charge is -2.37. The van der Waals surface area contributed by atoms with Crippen molar-refractivity contribution in [3.05, 3.63) is 47.7 Å². The highest BCUT2D eigenvalue weighted by Gasteiger charge is 2.29. The Morgan fingerprint density at radius 2 is 2.14 bits per heavy atom. The largest absolute Gasteiger partial charge is 0.508 e. The number of benzene rings is 2. The fourth-order valence-corrected chi connectivity index (χ4v) is 4.90. The van der Waals surface area contributed by atoms with Gasteiger partial charge in [0.05, 0.1) is 24.7 Å². The minimum atomic E-state index is -0.662. The molecule has 35 heavy (non-hydrogen) atoms. The molecule has 9 heteroatoms. The van der Waals surface area contributed by atoms with Gasteiger partial charge in [0.2, 0.25) is 0 Å². The lowest BCUT2D eigenvalue weighted by molar-refractivity contribution is -0.113. The van der Waals surface area contributed by atoms with Crippen LogP contribution in [0, 0.1) is 11.3 Å². The molecule has 5 rings (SSSR count). The van der Waals surface area contributed by atoms with Gasteiger partial charge < -0.3 is 25.0 Å². The molecule has 180 valence electrons. The van der Waals surface area contributed by atoms with E-state index in [-0.39, 0.29) is 17.8 Å². The first-order valence-electron chi connectivity index (χ1n) is 11.9. The summed E-state index contributed by atoms with van der Waals surface area (Å²) in [6.07, 6.45) is 1.21. The van der Waals surface area contributed by atoms with Crippen LogP contribution in [0.5, 0.6) is 11.8 Å². The fraction of sp³-hybridized carbons (Fsp3) is 0.385. The smallest absolute Gasteiger partial charge is 0.319 e. The lowest BCUT2D eigenvalue weighted by atomic mass is 10.0. The summed E-state index contributed by atoms with van der Waals surface area (Å²) in [5.74, 6) is 1.04. The van der Waals surface area contributed by atoms with Crippen molar-refractivity contribution in [1.82, 2.24) is 15.3 Å². The van der Waals surface area contributed by atoms with Gasteiger partial charge in [0.25, 0.3) is 0 Å². The molecule has 0 unspecified atom stereocenters. The van der Waals surface area contributed by atoms with Crippen molar-refractivity contribution in [2.45, 2.75) is 38.5 Å². The van der Waals surface area contributed by atoms with Gasteiger partial charge in [0.15, 0.2) is 12.4 Å². The number of piperazine rings is 1. The van der Waals surface area contributed by atoms with Gasteiger partial charge in [-0.1, -0.05) is 24.3 Å². The first-order chi connectivity index (χ1) is 17.1. The Kier molecular flexibility index (Phi) is 6.38. The van der Waals surface area contributed by atoms with Crippen LogP contribution in [0.2, 0.25) is 0 Å². The number of carbonyl (C=O) groups excluding carboxylic acids is 1. The minimum Gasteiger partial charge on any atom is -0.508 e. The minimum absolute atomic E-state index is 0.0661. The Morgan fingerprint density at radius 1 is 1.29 bits per heavy atom. The molecule has 1 aromatic heterocycles. The Morgan fingerprint density at radius 3 is 2.97 bits per heavy atom. The number of nitrogens with one attached hydrogen (secondary N) is 1. The number of nitrogens with zero attached hydrogens (tertiary/aromatic N) is 5. The van der Waals surface area contributed by atoms with Crippen LogP contribution < -0.4 is 19.9 Å². The van der Waals surface area contributed by atoms with E-state index in [1.807, 2.05) is 18.2 Å². The summed E-state index contributed by atoms with van der Waals surface area (Å²) >= 11 is 0. The Balaban J connectivity index is 1.53. The molecule has 2 aliphatic rings. The predicted molar refractivity (Wildman–Crippen MR) is 133 cm³/mol. The van der Waals surface area contributed by atoms with Gasteiger partial charge in [-0.25, -0.2) is 0 Å². The molecule has 3 aromatic rings. The molecule has 2 aliphatic heterocycles. The number of ether oxygens (including phenoxy) is 1. The van der Waals surface area contributed by atoms with E-state index in [9.17, 15) is 9.90 Å². The number of hydrogen-bond acceptors (Lipinski definition) is 9. The molecule has 2 N–H and O–H groups in total. The number of aromatic nitrogens is 2. The molecule has 1 fully saturated rings. The summed E-state index contributed by atoms with van der Waals surface area (Å²) in [4.78, 5) is 25.1. The van der Waals surface area contributed by atoms with Crippen LogP contribution in [-0.4, -0.2) is 59.7 Å². The summed E-state index contributed by atoms with van der Waals surface area (Å²) < 4.78 is 5.72. The molecule has 0 radical (unpaired) electrons. The van der Waals surface area contributed by atoms with E-state index in [0.29, 0.717) is 19.5 Å². The standard InChI is InChI=1S/C26H28N6O3/c1-17(16-33)35-26-29-23-15-31(24-13-20(34)12-18-4-2-3-5-21(18)24)10-7-22(23)25(30-26)32-11-9-28-19(14-32)6-8-27/h2-5,12-13,16-17,19,28,34H,6-7,9-11,14-15H2,1H3/t17-,19+/m1/s1. The van der Waals surface area contributed by atoms with E-state index in [1.54, 1.807) is 19.1 Å². The average Bonchev–Trinajstić information content (AvgIpc) is 2.87. The number of hydrogen-bond donors (Lipinski definition) is 2. The van der Waals surface area contributed by atoms with Crippen LogP contribution in [0.15, 0.2) is 36.4 Å². The normalized spacial score (nSPS) is 18.6. The third-order valence-electron chi connectivity index (χ3n) is 6.56. The second-order valence-electron chi connectivity index (χ2n) is 9.03. The van der Waals surface area contributed by atoms with Gasteiger partial charge in [-0.3, -0.25) is 4.79 Å². The van der Waals surface area contributed by atoms with Crippen molar-refractivity contribution < 1.29 is 14.6 Å². The lowest BCUT2D eigenvalue weighted by Crippen LogP contribution is -2.51. The number of rotatable bonds is 6. The maximum Gasteiger partial charge on any atom is 0.319 e. The maximum absolute atomic E-state index is 11.2. The first-order valence-corrected chi connectivity index (χ1v) is 11.9. The van der Waals surface area contributed by atoms with Crippen LogP contribution in [0.3, 0.4) is 0 Å². The van der Waals surface area contributed by atoms with Gasteiger partial charge in [-0.2, -0.15) is 15.2 Å². The number of carbonyl (C=O) groups is 1. The fourth-order valence-electron chi connectivity index (χ4n) is 4.90. The molecular weight excluding hydrogens is 444 g/mol. The van der Waals surface area contributed by atoms with E-state index in [1.165, 1.54) is 0 Å². The van der Waals surface area contributed by atoms with Crippen LogP contribution in [-0.2, 0) is 17.8 Å². The Hall–Kier alpha value is -3.90. The van der Waals surface area contributed by atoms with E-state index in [4.69, 9.17) is 20.0 Å². The number of phenolic OH excluding ortho intramolecular Hbond substituents is 1. The molecule has 0 aliphatic carbocycles. The van der Waals surface area contributed by atoms with Gasteiger partial charge in [-0.15, -0.1) is 0 Å². The molecule has 0 saturated carbocycles. The van der Waals surface area contributed by atoms with Gasteiger partial charge >= 0.3 is 6.01 Å². The van der Waals surface area contributed by atoms with Crippen molar-refractivity contribution in [3.8, 4) is 17.8 Å². The summed E-state index contributed by atoms with van der Waals surface area (Å²) in [6.45, 7) is 5.12. The maximum atomic E-state index is 11.2. The Labute approximate surface area is 204 Å². The highest BCUT2D eigenvalue weighted by atomic mass is 16.5. The summed E-state index contributed by atoms with van der Waals surface area (Å²) in [5.41, 5.74) is 2.86. The number of aromatic hydroxyl groups is 1. The molecule has 2 aromatic carbocycles. The molecule has 9 nitrogen and oxygen atoms in total. The molecule has 0 spiro atoms. The highest BCUT2D eigenvalue weighted by molar-refractivity contribution is 5.95. The van der Waals surface area contributed by atoms with Crippen LogP contribution in [0.1, 0.15) is 24.6 Å². The molecule has 0 amide bonds.